The molecule has 6 nitrogen and oxygen atoms in total. The zero-order valence-corrected chi connectivity index (χ0v) is 21.1. The van der Waals surface area contributed by atoms with Crippen LogP contribution in [0.1, 0.15) is 56.4 Å². The predicted octanol–water partition coefficient (Wildman–Crippen LogP) is 6.15. The van der Waals surface area contributed by atoms with E-state index in [1.54, 1.807) is 6.07 Å². The second kappa shape index (κ2) is 10.9. The molecule has 0 radical (unpaired) electrons. The van der Waals surface area contributed by atoms with Gasteiger partial charge in [0.05, 0.1) is 0 Å². The Morgan fingerprint density at radius 2 is 1.83 bits per heavy atom. The highest BCUT2D eigenvalue weighted by atomic mass is 35.5. The lowest BCUT2D eigenvalue weighted by Crippen LogP contribution is -2.44. The summed E-state index contributed by atoms with van der Waals surface area (Å²) in [4.78, 5) is 28.3. The Hall–Kier alpha value is -2.77. The first-order valence-corrected chi connectivity index (χ1v) is 13.5. The van der Waals surface area contributed by atoms with E-state index in [0.717, 1.165) is 37.7 Å². The maximum Gasteiger partial charge on any atom is 0.227 e. The molecule has 1 heterocycles. The zero-order valence-electron chi connectivity index (χ0n) is 19.5. The molecule has 8 heteroatoms. The predicted molar refractivity (Wildman–Crippen MR) is 139 cm³/mol. The maximum atomic E-state index is 13.5. The fraction of sp³-hybridized carbons (Fsp3) is 0.407. The van der Waals surface area contributed by atoms with E-state index in [-0.39, 0.29) is 30.2 Å². The van der Waals surface area contributed by atoms with Gasteiger partial charge in [0.25, 0.3) is 0 Å². The van der Waals surface area contributed by atoms with Gasteiger partial charge in [0.15, 0.2) is 0 Å². The van der Waals surface area contributed by atoms with Crippen LogP contribution in [0.4, 0.5) is 5.13 Å². The number of benzene rings is 2. The Bertz CT molecular complexity index is 1180. The van der Waals surface area contributed by atoms with Gasteiger partial charge in [0, 0.05) is 35.5 Å². The third-order valence-corrected chi connectivity index (χ3v) is 8.08. The molecule has 2 unspecified atom stereocenters. The summed E-state index contributed by atoms with van der Waals surface area (Å²) in [5.74, 6) is 0.390. The standard InChI is InChI=1S/C27H29ClN4O2S/c28-20-11-7-10-19(16-20)25-30-31-27(35-25)29-24(33)14-15-32(21-12-5-2-6-13-21)26(34)23-17-22(23)18-8-3-1-4-9-18/h1,3-4,7-11,16,21-23H,2,5-6,12-15,17H2,(H,29,31,33). The molecular weight excluding hydrogens is 480 g/mol. The van der Waals surface area contributed by atoms with Crippen molar-refractivity contribution in [1.29, 1.82) is 0 Å². The highest BCUT2D eigenvalue weighted by Crippen LogP contribution is 2.49. The monoisotopic (exact) mass is 508 g/mol. The summed E-state index contributed by atoms with van der Waals surface area (Å²) in [6, 6.07) is 17.9. The Morgan fingerprint density at radius 3 is 2.60 bits per heavy atom. The number of nitrogens with zero attached hydrogens (tertiary/aromatic N) is 3. The molecule has 2 atom stereocenters. The number of carbonyl (C=O) groups is 2. The van der Waals surface area contributed by atoms with Crippen molar-refractivity contribution in [2.45, 2.75) is 56.9 Å². The number of aromatic nitrogens is 2. The fourth-order valence-corrected chi connectivity index (χ4v) is 5.98. The molecule has 2 aromatic carbocycles. The molecule has 2 aliphatic carbocycles. The first-order chi connectivity index (χ1) is 17.1. The van der Waals surface area contributed by atoms with Crippen molar-refractivity contribution in [3.05, 3.63) is 65.2 Å². The van der Waals surface area contributed by atoms with Crippen molar-refractivity contribution < 1.29 is 9.59 Å². The molecule has 2 saturated carbocycles. The highest BCUT2D eigenvalue weighted by Gasteiger charge is 2.46. The van der Waals surface area contributed by atoms with Crippen LogP contribution >= 0.6 is 22.9 Å². The van der Waals surface area contributed by atoms with Crippen LogP contribution in [0.15, 0.2) is 54.6 Å². The van der Waals surface area contributed by atoms with Crippen LogP contribution in [0.2, 0.25) is 5.02 Å². The van der Waals surface area contributed by atoms with Gasteiger partial charge in [-0.05, 0) is 42.9 Å². The SMILES string of the molecule is O=C(CCN(C(=O)C1CC1c1ccccc1)C1CCCCC1)Nc1nnc(-c2cccc(Cl)c2)s1. The molecule has 35 heavy (non-hydrogen) atoms. The number of hydrogen-bond acceptors (Lipinski definition) is 5. The molecule has 0 bridgehead atoms. The lowest BCUT2D eigenvalue weighted by atomic mass is 9.93. The van der Waals surface area contributed by atoms with Gasteiger partial charge in [-0.3, -0.25) is 9.59 Å². The van der Waals surface area contributed by atoms with Gasteiger partial charge in [-0.1, -0.05) is 84.7 Å². The van der Waals surface area contributed by atoms with Crippen LogP contribution in [0.25, 0.3) is 10.6 Å². The molecule has 2 fully saturated rings. The summed E-state index contributed by atoms with van der Waals surface area (Å²) in [7, 11) is 0. The van der Waals surface area contributed by atoms with E-state index in [1.807, 2.05) is 41.3 Å². The number of halogens is 1. The average molecular weight is 509 g/mol. The summed E-state index contributed by atoms with van der Waals surface area (Å²) in [6.07, 6.45) is 6.70. The lowest BCUT2D eigenvalue weighted by molar-refractivity contribution is -0.136. The number of nitrogens with one attached hydrogen (secondary N) is 1. The minimum atomic E-state index is -0.150. The Balaban J connectivity index is 1.20. The molecular formula is C27H29ClN4O2S. The number of amides is 2. The van der Waals surface area contributed by atoms with Gasteiger partial charge < -0.3 is 10.2 Å². The Labute approximate surface area is 214 Å². The van der Waals surface area contributed by atoms with Gasteiger partial charge in [0.1, 0.15) is 5.01 Å². The summed E-state index contributed by atoms with van der Waals surface area (Å²) >= 11 is 7.38. The van der Waals surface area contributed by atoms with Crippen LogP contribution in [0.3, 0.4) is 0 Å². The molecule has 1 aromatic heterocycles. The second-order valence-electron chi connectivity index (χ2n) is 9.40. The summed E-state index contributed by atoms with van der Waals surface area (Å²) < 4.78 is 0. The minimum absolute atomic E-state index is 0.0332. The van der Waals surface area contributed by atoms with Gasteiger partial charge in [-0.25, -0.2) is 0 Å². The zero-order chi connectivity index (χ0) is 24.2. The van der Waals surface area contributed by atoms with Crippen LogP contribution < -0.4 is 5.32 Å². The molecule has 5 rings (SSSR count). The number of rotatable bonds is 8. The van der Waals surface area contributed by atoms with Crippen LogP contribution in [0.5, 0.6) is 0 Å². The van der Waals surface area contributed by atoms with Gasteiger partial charge in [-0.15, -0.1) is 10.2 Å². The molecule has 2 aliphatic rings. The average Bonchev–Trinajstić information content (AvgIpc) is 3.56. The smallest absolute Gasteiger partial charge is 0.227 e. The molecule has 3 aromatic rings. The van der Waals surface area contributed by atoms with E-state index >= 15 is 0 Å². The quantitative estimate of drug-likeness (QED) is 0.396. The van der Waals surface area contributed by atoms with Crippen molar-refractivity contribution in [3.8, 4) is 10.6 Å². The van der Waals surface area contributed by atoms with Crippen molar-refractivity contribution in [2.75, 3.05) is 11.9 Å². The van der Waals surface area contributed by atoms with E-state index in [9.17, 15) is 9.59 Å². The normalized spacial score (nSPS) is 19.8. The van der Waals surface area contributed by atoms with Crippen molar-refractivity contribution in [2.24, 2.45) is 5.92 Å². The largest absolute Gasteiger partial charge is 0.339 e. The van der Waals surface area contributed by atoms with Crippen LogP contribution in [0, 0.1) is 5.92 Å². The number of carbonyl (C=O) groups excluding carboxylic acids is 2. The third kappa shape index (κ3) is 5.90. The fourth-order valence-electron chi connectivity index (χ4n) is 5.03. The van der Waals surface area contributed by atoms with E-state index in [2.05, 4.69) is 27.6 Å². The Morgan fingerprint density at radius 1 is 1.03 bits per heavy atom. The molecule has 0 spiro atoms. The van der Waals surface area contributed by atoms with Gasteiger partial charge in [-0.2, -0.15) is 0 Å². The van der Waals surface area contributed by atoms with Gasteiger partial charge in [0.2, 0.25) is 16.9 Å². The molecule has 1 N–H and O–H groups in total. The molecule has 182 valence electrons. The summed E-state index contributed by atoms with van der Waals surface area (Å²) in [5, 5.41) is 12.9. The first-order valence-electron chi connectivity index (χ1n) is 12.3. The van der Waals surface area contributed by atoms with Crippen LogP contribution in [-0.2, 0) is 9.59 Å². The Kier molecular flexibility index (Phi) is 7.44. The van der Waals surface area contributed by atoms with E-state index in [1.165, 1.54) is 23.3 Å². The van der Waals surface area contributed by atoms with Crippen molar-refractivity contribution >= 4 is 39.9 Å². The van der Waals surface area contributed by atoms with E-state index in [4.69, 9.17) is 11.6 Å². The summed E-state index contributed by atoms with van der Waals surface area (Å²) in [5.41, 5.74) is 2.10. The molecule has 0 saturated heterocycles. The maximum absolute atomic E-state index is 13.5. The van der Waals surface area contributed by atoms with Crippen LogP contribution in [-0.4, -0.2) is 39.5 Å². The highest BCUT2D eigenvalue weighted by molar-refractivity contribution is 7.18. The number of anilines is 1. The van der Waals surface area contributed by atoms with E-state index in [0.29, 0.717) is 27.6 Å². The second-order valence-corrected chi connectivity index (χ2v) is 10.8. The third-order valence-electron chi connectivity index (χ3n) is 6.96. The van der Waals surface area contributed by atoms with Gasteiger partial charge >= 0.3 is 0 Å². The molecule has 2 amide bonds. The van der Waals surface area contributed by atoms with Crippen molar-refractivity contribution in [3.63, 3.8) is 0 Å². The lowest BCUT2D eigenvalue weighted by Gasteiger charge is -2.34. The number of hydrogen-bond donors (Lipinski definition) is 1. The first kappa shape index (κ1) is 23.9. The summed E-state index contributed by atoms with van der Waals surface area (Å²) in [6.45, 7) is 0.438. The molecule has 0 aliphatic heterocycles. The topological polar surface area (TPSA) is 75.2 Å². The van der Waals surface area contributed by atoms with Crippen molar-refractivity contribution in [1.82, 2.24) is 15.1 Å². The minimum Gasteiger partial charge on any atom is -0.339 e. The van der Waals surface area contributed by atoms with E-state index < -0.39 is 0 Å².